The second kappa shape index (κ2) is 10.8. The quantitative estimate of drug-likeness (QED) is 0.187. The van der Waals surface area contributed by atoms with E-state index in [4.69, 9.17) is 13.8 Å². The first-order chi connectivity index (χ1) is 24.5. The van der Waals surface area contributed by atoms with Gasteiger partial charge in [-0.3, -0.25) is 0 Å². The molecule has 0 bridgehead atoms. The Kier molecular flexibility index (Phi) is 6.19. The molecular weight excluding hydrogens is 613 g/mol. The van der Waals surface area contributed by atoms with Crippen LogP contribution in [0.1, 0.15) is 25.0 Å². The third-order valence-electron chi connectivity index (χ3n) is 10.3. The van der Waals surface area contributed by atoms with Crippen molar-refractivity contribution in [1.29, 1.82) is 0 Å². The van der Waals surface area contributed by atoms with Gasteiger partial charge in [-0.25, -0.2) is 4.98 Å². The summed E-state index contributed by atoms with van der Waals surface area (Å²) in [6.45, 7) is 4.65. The number of aromatic nitrogens is 1. The second-order valence-corrected chi connectivity index (χ2v) is 13.6. The molecule has 0 saturated carbocycles. The first-order valence-corrected chi connectivity index (χ1v) is 17.0. The van der Waals surface area contributed by atoms with Gasteiger partial charge in [-0.05, 0) is 82.4 Å². The lowest BCUT2D eigenvalue weighted by Gasteiger charge is -2.27. The molecule has 0 fully saturated rings. The Morgan fingerprint density at radius 3 is 1.98 bits per heavy atom. The van der Waals surface area contributed by atoms with Gasteiger partial charge in [0.1, 0.15) is 16.7 Å². The molecule has 1 aliphatic rings. The van der Waals surface area contributed by atoms with Crippen molar-refractivity contribution < 1.29 is 8.83 Å². The molecule has 9 aromatic rings. The highest BCUT2D eigenvalue weighted by Crippen LogP contribution is 2.51. The minimum absolute atomic E-state index is 0.0468. The third kappa shape index (κ3) is 4.28. The van der Waals surface area contributed by atoms with Gasteiger partial charge in [0.25, 0.3) is 0 Å². The van der Waals surface area contributed by atoms with Crippen molar-refractivity contribution in [1.82, 2.24) is 4.98 Å². The summed E-state index contributed by atoms with van der Waals surface area (Å²) in [4.78, 5) is 7.43. The molecule has 2 heterocycles. The van der Waals surface area contributed by atoms with E-state index in [9.17, 15) is 0 Å². The predicted octanol–water partition coefficient (Wildman–Crippen LogP) is 12.8. The summed E-state index contributed by atoms with van der Waals surface area (Å²) < 4.78 is 12.8. The molecule has 4 nitrogen and oxygen atoms in total. The van der Waals surface area contributed by atoms with Crippen LogP contribution >= 0.6 is 0 Å². The molecule has 238 valence electrons. The summed E-state index contributed by atoms with van der Waals surface area (Å²) in [6.07, 6.45) is 0. The number of rotatable bonds is 5. The van der Waals surface area contributed by atoms with Crippen molar-refractivity contribution in [2.75, 3.05) is 4.90 Å². The number of fused-ring (bicyclic) bond motifs is 7. The van der Waals surface area contributed by atoms with E-state index in [0.29, 0.717) is 11.5 Å². The Morgan fingerprint density at radius 2 is 1.16 bits per heavy atom. The van der Waals surface area contributed by atoms with E-state index < -0.39 is 0 Å². The van der Waals surface area contributed by atoms with E-state index in [1.807, 2.05) is 48.5 Å². The van der Waals surface area contributed by atoms with Crippen LogP contribution in [0.2, 0.25) is 0 Å². The first-order valence-electron chi connectivity index (χ1n) is 17.0. The van der Waals surface area contributed by atoms with Crippen LogP contribution in [-0.4, -0.2) is 4.98 Å². The lowest BCUT2D eigenvalue weighted by Crippen LogP contribution is -2.15. The number of oxazole rings is 1. The molecule has 2 aromatic heterocycles. The standard InChI is InChI=1S/C46H32N2O2/c1-46(2)37-19-11-9-17-34(37)36-27-33(25-26-38(36)46)48(31-15-7-4-8-16-31)32-23-21-29(22-24-32)42-43-35-18-10-12-20-39(35)49-40(43)28-41-44(42)47-45(50-41)30-13-5-3-6-14-30/h3-28H,1-2H3. The minimum atomic E-state index is -0.0468. The van der Waals surface area contributed by atoms with Crippen LogP contribution in [0.3, 0.4) is 0 Å². The van der Waals surface area contributed by atoms with Gasteiger partial charge in [-0.15, -0.1) is 0 Å². The number of benzene rings is 7. The number of hydrogen-bond donors (Lipinski definition) is 0. The number of anilines is 3. The van der Waals surface area contributed by atoms with Crippen LogP contribution in [0.15, 0.2) is 167 Å². The van der Waals surface area contributed by atoms with Crippen molar-refractivity contribution in [2.45, 2.75) is 19.3 Å². The molecule has 0 amide bonds. The molecule has 4 heteroatoms. The molecule has 0 N–H and O–H groups in total. The fourth-order valence-corrected chi connectivity index (χ4v) is 7.90. The van der Waals surface area contributed by atoms with Crippen molar-refractivity contribution in [3.05, 3.63) is 169 Å². The highest BCUT2D eigenvalue weighted by Gasteiger charge is 2.35. The lowest BCUT2D eigenvalue weighted by atomic mass is 9.82. The van der Waals surface area contributed by atoms with Gasteiger partial charge in [-0.1, -0.05) is 111 Å². The number of furan rings is 1. The highest BCUT2D eigenvalue weighted by molar-refractivity contribution is 6.19. The summed E-state index contributed by atoms with van der Waals surface area (Å²) >= 11 is 0. The molecule has 50 heavy (non-hydrogen) atoms. The van der Waals surface area contributed by atoms with Crippen molar-refractivity contribution in [2.24, 2.45) is 0 Å². The van der Waals surface area contributed by atoms with Crippen LogP contribution in [0.5, 0.6) is 0 Å². The fraction of sp³-hybridized carbons (Fsp3) is 0.0652. The molecule has 0 aliphatic heterocycles. The zero-order chi connectivity index (χ0) is 33.4. The van der Waals surface area contributed by atoms with Crippen LogP contribution in [0.4, 0.5) is 17.1 Å². The maximum Gasteiger partial charge on any atom is 0.227 e. The molecule has 7 aromatic carbocycles. The van der Waals surface area contributed by atoms with E-state index in [-0.39, 0.29) is 5.41 Å². The molecule has 0 spiro atoms. The summed E-state index contributed by atoms with van der Waals surface area (Å²) in [5, 5.41) is 2.09. The molecule has 10 rings (SSSR count). The second-order valence-electron chi connectivity index (χ2n) is 13.6. The number of nitrogens with zero attached hydrogens (tertiary/aromatic N) is 2. The highest BCUT2D eigenvalue weighted by atomic mass is 16.4. The van der Waals surface area contributed by atoms with Gasteiger partial charge in [-0.2, -0.15) is 0 Å². The van der Waals surface area contributed by atoms with E-state index in [1.54, 1.807) is 0 Å². The number of para-hydroxylation sites is 2. The van der Waals surface area contributed by atoms with Crippen molar-refractivity contribution >= 4 is 50.1 Å². The molecule has 1 aliphatic carbocycles. The average Bonchev–Trinajstić information content (AvgIpc) is 3.82. The van der Waals surface area contributed by atoms with E-state index >= 15 is 0 Å². The Labute approximate surface area is 289 Å². The Balaban J connectivity index is 1.15. The van der Waals surface area contributed by atoms with Gasteiger partial charge in [0.05, 0.1) is 0 Å². The summed E-state index contributed by atoms with van der Waals surface area (Å²) in [5.41, 5.74) is 14.7. The molecule has 0 radical (unpaired) electrons. The van der Waals surface area contributed by atoms with Gasteiger partial charge in [0, 0.05) is 50.4 Å². The van der Waals surface area contributed by atoms with Gasteiger partial charge in [0.15, 0.2) is 5.58 Å². The SMILES string of the molecule is CC1(C)c2ccccc2-c2cc(N(c3ccccc3)c3ccc(-c4c5nc(-c6ccccc6)oc5cc5oc6ccccc6c45)cc3)ccc21. The predicted molar refractivity (Wildman–Crippen MR) is 204 cm³/mol. The number of hydrogen-bond acceptors (Lipinski definition) is 4. The van der Waals surface area contributed by atoms with Crippen LogP contribution < -0.4 is 4.90 Å². The average molecular weight is 645 g/mol. The summed E-state index contributed by atoms with van der Waals surface area (Å²) in [6, 6.07) is 55.4. The normalized spacial score (nSPS) is 13.2. The zero-order valence-corrected chi connectivity index (χ0v) is 27.7. The first kappa shape index (κ1) is 28.6. The molecule has 0 saturated heterocycles. The molecular formula is C46H32N2O2. The largest absolute Gasteiger partial charge is 0.456 e. The van der Waals surface area contributed by atoms with E-state index in [1.165, 1.54) is 22.3 Å². The Bertz CT molecular complexity index is 2720. The minimum Gasteiger partial charge on any atom is -0.456 e. The molecule has 0 unspecified atom stereocenters. The maximum absolute atomic E-state index is 6.40. The van der Waals surface area contributed by atoms with Gasteiger partial charge >= 0.3 is 0 Å². The summed E-state index contributed by atoms with van der Waals surface area (Å²) in [5.74, 6) is 0.590. The van der Waals surface area contributed by atoms with Crippen LogP contribution in [0.25, 0.3) is 66.7 Å². The van der Waals surface area contributed by atoms with Crippen molar-refractivity contribution in [3.8, 4) is 33.7 Å². The molecule has 0 atom stereocenters. The van der Waals surface area contributed by atoms with Crippen LogP contribution in [-0.2, 0) is 5.41 Å². The van der Waals surface area contributed by atoms with Gasteiger partial charge < -0.3 is 13.7 Å². The Hall–Kier alpha value is -6.39. The van der Waals surface area contributed by atoms with Crippen LogP contribution in [0, 0.1) is 0 Å². The van der Waals surface area contributed by atoms with E-state index in [2.05, 4.69) is 128 Å². The van der Waals surface area contributed by atoms with Crippen molar-refractivity contribution in [3.63, 3.8) is 0 Å². The third-order valence-corrected chi connectivity index (χ3v) is 10.3. The zero-order valence-electron chi connectivity index (χ0n) is 27.7. The lowest BCUT2D eigenvalue weighted by molar-refractivity contribution is 0.617. The smallest absolute Gasteiger partial charge is 0.227 e. The fourth-order valence-electron chi connectivity index (χ4n) is 7.90. The van der Waals surface area contributed by atoms with Gasteiger partial charge in [0.2, 0.25) is 5.89 Å². The topological polar surface area (TPSA) is 42.4 Å². The Morgan fingerprint density at radius 1 is 0.500 bits per heavy atom. The van der Waals surface area contributed by atoms with E-state index in [0.717, 1.165) is 61.2 Å². The monoisotopic (exact) mass is 644 g/mol. The maximum atomic E-state index is 6.40. The summed E-state index contributed by atoms with van der Waals surface area (Å²) in [7, 11) is 0.